The van der Waals surface area contributed by atoms with Crippen molar-refractivity contribution in [2.24, 2.45) is 29.6 Å². The maximum Gasteiger partial charge on any atom is 0.112 e. The molecule has 320 valence electrons. The Hall–Kier alpha value is -4.24. The predicted octanol–water partition coefficient (Wildman–Crippen LogP) is 14.5. The van der Waals surface area contributed by atoms with Crippen LogP contribution in [0.1, 0.15) is 160 Å². The fourth-order valence-corrected chi connectivity index (χ4v) is 16.3. The van der Waals surface area contributed by atoms with Crippen LogP contribution in [0.3, 0.4) is 0 Å². The second kappa shape index (κ2) is 15.5. The fraction of sp³-hybridized carbons (Fsp3) is 0.525. The summed E-state index contributed by atoms with van der Waals surface area (Å²) in [5, 5.41) is 0. The lowest BCUT2D eigenvalue weighted by Gasteiger charge is -2.49. The maximum absolute atomic E-state index is 6.62. The molecule has 2 saturated carbocycles. The number of fused-ring (bicyclic) bond motifs is 14. The lowest BCUT2D eigenvalue weighted by Crippen LogP contribution is -2.48. The summed E-state index contributed by atoms with van der Waals surface area (Å²) in [5.41, 5.74) is 16.1. The van der Waals surface area contributed by atoms with Crippen LogP contribution in [-0.2, 0) is 37.5 Å². The van der Waals surface area contributed by atoms with E-state index in [1.807, 2.05) is 0 Å². The van der Waals surface area contributed by atoms with E-state index in [9.17, 15) is 0 Å². The normalized spacial score (nSPS) is 33.7. The highest BCUT2D eigenvalue weighted by molar-refractivity contribution is 5.76. The summed E-state index contributed by atoms with van der Waals surface area (Å²) in [6.45, 7) is 0. The van der Waals surface area contributed by atoms with E-state index >= 15 is 0 Å². The van der Waals surface area contributed by atoms with Gasteiger partial charge in [-0.25, -0.2) is 0 Å². The molecule has 0 amide bonds. The summed E-state index contributed by atoms with van der Waals surface area (Å²) >= 11 is 0. The second-order valence-electron chi connectivity index (χ2n) is 21.3. The van der Waals surface area contributed by atoms with Crippen LogP contribution in [-0.4, -0.2) is 17.0 Å². The lowest BCUT2D eigenvalue weighted by atomic mass is 9.57. The lowest BCUT2D eigenvalue weighted by molar-refractivity contribution is 0.0917. The van der Waals surface area contributed by atoms with Gasteiger partial charge in [-0.15, -0.1) is 0 Å². The zero-order valence-electron chi connectivity index (χ0n) is 37.2. The van der Waals surface area contributed by atoms with Crippen molar-refractivity contribution in [1.82, 2.24) is 4.90 Å². The van der Waals surface area contributed by atoms with E-state index in [2.05, 4.69) is 107 Å². The Labute approximate surface area is 371 Å². The molecule has 9 atom stereocenters. The van der Waals surface area contributed by atoms with E-state index in [4.69, 9.17) is 4.42 Å². The maximum atomic E-state index is 6.62. The minimum absolute atomic E-state index is 0.0980. The van der Waals surface area contributed by atoms with Crippen molar-refractivity contribution >= 4 is 17.5 Å². The molecule has 3 nitrogen and oxygen atoms in total. The van der Waals surface area contributed by atoms with Crippen LogP contribution in [0.5, 0.6) is 0 Å². The number of rotatable bonds is 6. The van der Waals surface area contributed by atoms with Crippen LogP contribution >= 0.6 is 0 Å². The molecule has 2 fully saturated rings. The number of furan rings is 1. The topological polar surface area (TPSA) is 19.6 Å². The fourth-order valence-electron chi connectivity index (χ4n) is 16.3. The molecule has 0 N–H and O–H groups in total. The summed E-state index contributed by atoms with van der Waals surface area (Å²) in [6.07, 6.45) is 53.4. The van der Waals surface area contributed by atoms with Gasteiger partial charge >= 0.3 is 0 Å². The van der Waals surface area contributed by atoms with Gasteiger partial charge in [0.05, 0.1) is 0 Å². The molecule has 2 aromatic carbocycles. The van der Waals surface area contributed by atoms with E-state index in [1.54, 1.807) is 39.2 Å². The Balaban J connectivity index is 0.963. The van der Waals surface area contributed by atoms with Gasteiger partial charge in [-0.2, -0.15) is 0 Å². The molecule has 1 heterocycles. The molecule has 0 bridgehead atoms. The Bertz CT molecular complexity index is 2430. The van der Waals surface area contributed by atoms with Gasteiger partial charge in [0, 0.05) is 70.2 Å². The van der Waals surface area contributed by atoms with Crippen LogP contribution in [0.15, 0.2) is 107 Å². The van der Waals surface area contributed by atoms with E-state index in [0.29, 0.717) is 35.8 Å². The summed E-state index contributed by atoms with van der Waals surface area (Å²) in [4.78, 5) is 5.93. The first-order valence-electron chi connectivity index (χ1n) is 25.8. The molecule has 8 unspecified atom stereocenters. The molecular formula is C59H68N2O. The van der Waals surface area contributed by atoms with Gasteiger partial charge in [-0.1, -0.05) is 78.9 Å². The number of nitrogens with zero attached hydrogens (tertiary/aromatic N) is 2. The van der Waals surface area contributed by atoms with Crippen molar-refractivity contribution in [2.45, 2.75) is 165 Å². The van der Waals surface area contributed by atoms with E-state index in [-0.39, 0.29) is 5.41 Å². The van der Waals surface area contributed by atoms with Crippen molar-refractivity contribution in [3.8, 4) is 0 Å². The molecule has 10 aliphatic carbocycles. The molecule has 1 aromatic heterocycles. The van der Waals surface area contributed by atoms with Crippen LogP contribution in [0.4, 0.5) is 11.4 Å². The van der Waals surface area contributed by atoms with Gasteiger partial charge in [0.1, 0.15) is 11.5 Å². The van der Waals surface area contributed by atoms with Gasteiger partial charge in [-0.05, 0) is 198 Å². The van der Waals surface area contributed by atoms with Crippen LogP contribution in [0.2, 0.25) is 0 Å². The number of hydrogen-bond acceptors (Lipinski definition) is 3. The van der Waals surface area contributed by atoms with Crippen molar-refractivity contribution < 1.29 is 4.42 Å². The summed E-state index contributed by atoms with van der Waals surface area (Å²) in [5.74, 6) is 6.29. The predicted molar refractivity (Wildman–Crippen MR) is 255 cm³/mol. The smallest absolute Gasteiger partial charge is 0.112 e. The molecule has 10 aliphatic rings. The molecule has 0 radical (unpaired) electrons. The average Bonchev–Trinajstić information content (AvgIpc) is 3.97. The number of allylic oxidation sites excluding steroid dienone is 10. The van der Waals surface area contributed by atoms with E-state index < -0.39 is 0 Å². The van der Waals surface area contributed by atoms with Gasteiger partial charge in [0.25, 0.3) is 0 Å². The zero-order chi connectivity index (χ0) is 40.8. The minimum Gasteiger partial charge on any atom is -0.465 e. The third-order valence-electron chi connectivity index (χ3n) is 18.6. The van der Waals surface area contributed by atoms with Gasteiger partial charge in [0.2, 0.25) is 0 Å². The van der Waals surface area contributed by atoms with Crippen LogP contribution in [0, 0.1) is 29.6 Å². The largest absolute Gasteiger partial charge is 0.465 e. The highest BCUT2D eigenvalue weighted by Gasteiger charge is 2.68. The van der Waals surface area contributed by atoms with Crippen LogP contribution in [0.25, 0.3) is 6.08 Å². The van der Waals surface area contributed by atoms with Crippen molar-refractivity contribution in [3.05, 3.63) is 147 Å². The number of aryl methyl sites for hydroxylation is 3. The highest BCUT2D eigenvalue weighted by atomic mass is 16.3. The van der Waals surface area contributed by atoms with Gasteiger partial charge in [-0.3, -0.25) is 0 Å². The third-order valence-corrected chi connectivity index (χ3v) is 18.6. The van der Waals surface area contributed by atoms with E-state index in [0.717, 1.165) is 37.5 Å². The Kier molecular flexibility index (Phi) is 9.55. The van der Waals surface area contributed by atoms with E-state index in [1.165, 1.54) is 144 Å². The SMILES string of the molecule is C1=CC2[C@H](C=C1)c1c(N(c3cccc4c3CCCC4)C3CC=CCC3)cccc1C21C2C=CCCC2C2CCC(N(C3=CCCCC3)C3=Cc4c(oc5c4CCCC5)CC3)CC21. The number of anilines is 2. The quantitative estimate of drug-likeness (QED) is 0.231. The first-order chi connectivity index (χ1) is 30.8. The van der Waals surface area contributed by atoms with Crippen molar-refractivity contribution in [1.29, 1.82) is 0 Å². The molecule has 0 saturated heterocycles. The van der Waals surface area contributed by atoms with Gasteiger partial charge in [0.15, 0.2) is 0 Å². The van der Waals surface area contributed by atoms with Crippen LogP contribution < -0.4 is 4.90 Å². The summed E-state index contributed by atoms with van der Waals surface area (Å²) in [7, 11) is 0. The molecular weight excluding hydrogens is 753 g/mol. The Morgan fingerprint density at radius 1 is 0.581 bits per heavy atom. The summed E-state index contributed by atoms with van der Waals surface area (Å²) < 4.78 is 6.62. The Morgan fingerprint density at radius 2 is 1.44 bits per heavy atom. The standard InChI is InChI=1S/C59H68N2O/c1-3-19-40(20-4-1)60(42-34-36-57-49(37-42)47-25-11-14-32-56(47)62-57)43-33-35-46-45-24-9-12-27-50(45)59(53(46)38-43)51-28-13-10-26-48(51)58-52(59)29-16-31-55(58)61(41-21-5-2-6-22-41)54-30-15-18-39-17-7-8-23-44(39)54/h2,5,10,12-13,15-16,18-19,26-31,37,41,43,45-46,48,50-51,53H,1,3-4,6-9,11,14,17,20-25,32-36,38H2/t41?,43?,45?,46?,48-,50?,51?,53?,59?/m0/s1. The highest BCUT2D eigenvalue weighted by Crippen LogP contribution is 2.72. The Morgan fingerprint density at radius 3 is 2.35 bits per heavy atom. The third kappa shape index (κ3) is 5.80. The van der Waals surface area contributed by atoms with Crippen molar-refractivity contribution in [3.63, 3.8) is 0 Å². The summed E-state index contributed by atoms with van der Waals surface area (Å²) in [6, 6.07) is 16.1. The molecule has 62 heavy (non-hydrogen) atoms. The molecule has 1 spiro atoms. The first-order valence-corrected chi connectivity index (χ1v) is 25.8. The average molecular weight is 821 g/mol. The molecule has 0 aliphatic heterocycles. The number of hydrogen-bond donors (Lipinski definition) is 0. The molecule has 3 heteroatoms. The zero-order valence-corrected chi connectivity index (χ0v) is 37.2. The second-order valence-corrected chi connectivity index (χ2v) is 21.3. The molecule has 13 rings (SSSR count). The monoisotopic (exact) mass is 821 g/mol. The minimum atomic E-state index is 0.0980. The number of benzene rings is 2. The molecule has 3 aromatic rings. The first kappa shape index (κ1) is 38.2. The van der Waals surface area contributed by atoms with Gasteiger partial charge < -0.3 is 14.2 Å². The van der Waals surface area contributed by atoms with Crippen molar-refractivity contribution in [2.75, 3.05) is 4.90 Å².